The molecule has 0 bridgehead atoms. The lowest BCUT2D eigenvalue weighted by Gasteiger charge is -2.14. The van der Waals surface area contributed by atoms with E-state index >= 15 is 0 Å². The monoisotopic (exact) mass is 369 g/mol. The molecule has 1 atom stereocenters. The van der Waals surface area contributed by atoms with Crippen LogP contribution in [-0.2, 0) is 9.53 Å². The minimum absolute atomic E-state index is 0.0544. The third kappa shape index (κ3) is 5.95. The van der Waals surface area contributed by atoms with E-state index in [0.29, 0.717) is 29.2 Å². The van der Waals surface area contributed by atoms with Gasteiger partial charge in [-0.05, 0) is 68.8 Å². The second-order valence-corrected chi connectivity index (χ2v) is 6.04. The number of benzene rings is 2. The fraction of sp³-hybridized carbons (Fsp3) is 0.286. The summed E-state index contributed by atoms with van der Waals surface area (Å²) >= 11 is 0. The molecule has 2 aromatic carbocycles. The van der Waals surface area contributed by atoms with Gasteiger partial charge in [-0.3, -0.25) is 9.59 Å². The number of ether oxygens (including phenoxy) is 2. The van der Waals surface area contributed by atoms with Gasteiger partial charge in [0.15, 0.2) is 11.9 Å². The number of carbonyl (C=O) groups excluding carboxylic acids is 3. The average Bonchev–Trinajstić information content (AvgIpc) is 2.67. The summed E-state index contributed by atoms with van der Waals surface area (Å²) in [4.78, 5) is 35.6. The summed E-state index contributed by atoms with van der Waals surface area (Å²) in [7, 11) is 0. The van der Waals surface area contributed by atoms with Crippen molar-refractivity contribution in [2.45, 2.75) is 33.3 Å². The molecule has 0 heterocycles. The summed E-state index contributed by atoms with van der Waals surface area (Å²) < 4.78 is 10.7. The van der Waals surface area contributed by atoms with Crippen LogP contribution in [0.25, 0.3) is 0 Å². The predicted octanol–water partition coefficient (Wildman–Crippen LogP) is 3.86. The number of anilines is 1. The molecule has 2 rings (SSSR count). The largest absolute Gasteiger partial charge is 0.494 e. The van der Waals surface area contributed by atoms with Gasteiger partial charge >= 0.3 is 5.97 Å². The number of ketones is 1. The molecule has 0 aliphatic rings. The van der Waals surface area contributed by atoms with Gasteiger partial charge < -0.3 is 14.8 Å². The summed E-state index contributed by atoms with van der Waals surface area (Å²) in [6, 6.07) is 13.1. The molecule has 1 unspecified atom stereocenters. The van der Waals surface area contributed by atoms with E-state index in [-0.39, 0.29) is 5.78 Å². The lowest BCUT2D eigenvalue weighted by atomic mass is 10.1. The van der Waals surface area contributed by atoms with Crippen molar-refractivity contribution in [2.75, 3.05) is 11.9 Å². The molecule has 0 fully saturated rings. The molecule has 27 heavy (non-hydrogen) atoms. The van der Waals surface area contributed by atoms with Crippen LogP contribution in [0.15, 0.2) is 48.5 Å². The molecule has 2 aromatic rings. The fourth-order valence-electron chi connectivity index (χ4n) is 2.22. The zero-order chi connectivity index (χ0) is 19.8. The Morgan fingerprint density at radius 1 is 0.963 bits per heavy atom. The summed E-state index contributed by atoms with van der Waals surface area (Å²) in [6.45, 7) is 5.58. The van der Waals surface area contributed by atoms with Gasteiger partial charge in [0.2, 0.25) is 0 Å². The van der Waals surface area contributed by atoms with Crippen molar-refractivity contribution in [1.29, 1.82) is 0 Å². The van der Waals surface area contributed by atoms with E-state index in [0.717, 1.165) is 6.42 Å². The van der Waals surface area contributed by atoms with Gasteiger partial charge in [0, 0.05) is 11.3 Å². The minimum Gasteiger partial charge on any atom is -0.494 e. The Morgan fingerprint density at radius 2 is 1.56 bits per heavy atom. The Bertz CT molecular complexity index is 796. The van der Waals surface area contributed by atoms with Crippen molar-refractivity contribution in [3.8, 4) is 5.75 Å². The molecule has 0 radical (unpaired) electrons. The first-order valence-corrected chi connectivity index (χ1v) is 8.76. The predicted molar refractivity (Wildman–Crippen MR) is 102 cm³/mol. The Kier molecular flexibility index (Phi) is 7.11. The SMILES string of the molecule is CCCOc1ccc(C(=O)OC(C)C(=O)Nc2ccc(C(C)=O)cc2)cc1. The van der Waals surface area contributed by atoms with E-state index in [4.69, 9.17) is 9.47 Å². The van der Waals surface area contributed by atoms with Gasteiger partial charge in [-0.25, -0.2) is 4.79 Å². The first-order valence-electron chi connectivity index (χ1n) is 8.76. The Morgan fingerprint density at radius 3 is 2.11 bits per heavy atom. The van der Waals surface area contributed by atoms with Gasteiger partial charge in [0.05, 0.1) is 12.2 Å². The van der Waals surface area contributed by atoms with E-state index < -0.39 is 18.0 Å². The van der Waals surface area contributed by atoms with E-state index in [2.05, 4.69) is 5.32 Å². The maximum atomic E-state index is 12.2. The number of carbonyl (C=O) groups is 3. The zero-order valence-corrected chi connectivity index (χ0v) is 15.7. The van der Waals surface area contributed by atoms with Crippen molar-refractivity contribution in [1.82, 2.24) is 0 Å². The second kappa shape index (κ2) is 9.52. The van der Waals surface area contributed by atoms with Gasteiger partial charge in [-0.2, -0.15) is 0 Å². The molecule has 0 aliphatic heterocycles. The van der Waals surface area contributed by atoms with Crippen LogP contribution in [0.3, 0.4) is 0 Å². The molecule has 142 valence electrons. The maximum absolute atomic E-state index is 12.2. The van der Waals surface area contributed by atoms with Gasteiger partial charge in [0.25, 0.3) is 5.91 Å². The zero-order valence-electron chi connectivity index (χ0n) is 15.7. The highest BCUT2D eigenvalue weighted by Gasteiger charge is 2.19. The van der Waals surface area contributed by atoms with Crippen molar-refractivity contribution >= 4 is 23.3 Å². The van der Waals surface area contributed by atoms with Crippen molar-refractivity contribution in [3.63, 3.8) is 0 Å². The summed E-state index contributed by atoms with van der Waals surface area (Å²) in [5, 5.41) is 2.65. The molecule has 0 aliphatic carbocycles. The van der Waals surface area contributed by atoms with Crippen LogP contribution in [0.5, 0.6) is 5.75 Å². The molecule has 6 heteroatoms. The Balaban J connectivity index is 1.91. The molecular formula is C21H23NO5. The quantitative estimate of drug-likeness (QED) is 0.564. The summed E-state index contributed by atoms with van der Waals surface area (Å²) in [5.74, 6) is -0.428. The van der Waals surface area contributed by atoms with Crippen LogP contribution in [0.4, 0.5) is 5.69 Å². The number of Topliss-reactive ketones (excluding diaryl/α,β-unsaturated/α-hetero) is 1. The number of rotatable bonds is 8. The van der Waals surface area contributed by atoms with E-state index in [1.54, 1.807) is 48.5 Å². The van der Waals surface area contributed by atoms with Gasteiger partial charge in [-0.15, -0.1) is 0 Å². The number of nitrogens with one attached hydrogen (secondary N) is 1. The fourth-order valence-corrected chi connectivity index (χ4v) is 2.22. The van der Waals surface area contributed by atoms with Crippen molar-refractivity contribution < 1.29 is 23.9 Å². The Labute approximate surface area is 158 Å². The number of esters is 1. The normalized spacial score (nSPS) is 11.4. The van der Waals surface area contributed by atoms with Crippen molar-refractivity contribution in [2.24, 2.45) is 0 Å². The lowest BCUT2D eigenvalue weighted by Crippen LogP contribution is -2.30. The summed E-state index contributed by atoms with van der Waals surface area (Å²) in [6.07, 6.45) is -0.0746. The van der Waals surface area contributed by atoms with Crippen LogP contribution in [0, 0.1) is 0 Å². The standard InChI is InChI=1S/C21H23NO5/c1-4-13-26-19-11-7-17(8-12-19)21(25)27-15(3)20(24)22-18-9-5-16(6-10-18)14(2)23/h5-12,15H,4,13H2,1-3H3,(H,22,24). The van der Waals surface area contributed by atoms with Crippen LogP contribution in [0.2, 0.25) is 0 Å². The first-order chi connectivity index (χ1) is 12.9. The summed E-state index contributed by atoms with van der Waals surface area (Å²) in [5.41, 5.74) is 1.41. The van der Waals surface area contributed by atoms with Gasteiger partial charge in [0.1, 0.15) is 5.75 Å². The second-order valence-electron chi connectivity index (χ2n) is 6.04. The number of amides is 1. The molecule has 0 saturated carbocycles. The molecule has 6 nitrogen and oxygen atoms in total. The highest BCUT2D eigenvalue weighted by Crippen LogP contribution is 2.15. The number of hydrogen-bond acceptors (Lipinski definition) is 5. The molecule has 1 N–H and O–H groups in total. The van der Waals surface area contributed by atoms with E-state index in [9.17, 15) is 14.4 Å². The highest BCUT2D eigenvalue weighted by atomic mass is 16.5. The lowest BCUT2D eigenvalue weighted by molar-refractivity contribution is -0.123. The molecule has 0 spiro atoms. The van der Waals surface area contributed by atoms with Crippen molar-refractivity contribution in [3.05, 3.63) is 59.7 Å². The Hall–Kier alpha value is -3.15. The molecule has 0 saturated heterocycles. The first kappa shape index (κ1) is 20.2. The van der Waals surface area contributed by atoms with E-state index in [1.807, 2.05) is 6.92 Å². The maximum Gasteiger partial charge on any atom is 0.338 e. The van der Waals surface area contributed by atoms with Gasteiger partial charge in [-0.1, -0.05) is 6.92 Å². The topological polar surface area (TPSA) is 81.7 Å². The van der Waals surface area contributed by atoms with Crippen LogP contribution in [-0.4, -0.2) is 30.4 Å². The molecule has 1 amide bonds. The molecule has 0 aromatic heterocycles. The highest BCUT2D eigenvalue weighted by molar-refractivity contribution is 5.98. The number of hydrogen-bond donors (Lipinski definition) is 1. The minimum atomic E-state index is -0.971. The third-order valence-electron chi connectivity index (χ3n) is 3.77. The molecular weight excluding hydrogens is 346 g/mol. The van der Waals surface area contributed by atoms with Crippen LogP contribution in [0.1, 0.15) is 47.9 Å². The smallest absolute Gasteiger partial charge is 0.338 e. The average molecular weight is 369 g/mol. The van der Waals surface area contributed by atoms with Crippen LogP contribution >= 0.6 is 0 Å². The van der Waals surface area contributed by atoms with Crippen LogP contribution < -0.4 is 10.1 Å². The van der Waals surface area contributed by atoms with E-state index in [1.165, 1.54) is 13.8 Å². The third-order valence-corrected chi connectivity index (χ3v) is 3.77.